The molecule has 1 fully saturated rings. The number of hydrazine groups is 1. The summed E-state index contributed by atoms with van der Waals surface area (Å²) in [5, 5.41) is 6.86. The lowest BCUT2D eigenvalue weighted by atomic mass is 9.92. The Morgan fingerprint density at radius 2 is 1.77 bits per heavy atom. The second kappa shape index (κ2) is 7.13. The average Bonchev–Trinajstić information content (AvgIpc) is 2.87. The summed E-state index contributed by atoms with van der Waals surface area (Å²) in [4.78, 5) is 25.2. The van der Waals surface area contributed by atoms with Gasteiger partial charge in [-0.05, 0) is 42.8 Å². The molecule has 0 spiro atoms. The quantitative estimate of drug-likeness (QED) is 0.572. The zero-order valence-corrected chi connectivity index (χ0v) is 15.4. The number of urea groups is 1. The summed E-state index contributed by atoms with van der Waals surface area (Å²) in [6.07, 6.45) is 0.834. The molecule has 1 heterocycles. The Bertz CT molecular complexity index is 856. The highest BCUT2D eigenvalue weighted by atomic mass is 32.1. The van der Waals surface area contributed by atoms with Crippen molar-refractivity contribution in [1.29, 1.82) is 0 Å². The molecule has 1 aliphatic rings. The van der Waals surface area contributed by atoms with E-state index in [1.54, 1.807) is 19.1 Å². The fourth-order valence-electron chi connectivity index (χ4n) is 2.91. The molecule has 134 valence electrons. The van der Waals surface area contributed by atoms with Crippen LogP contribution >= 0.6 is 12.2 Å². The van der Waals surface area contributed by atoms with Gasteiger partial charge in [0.2, 0.25) is 0 Å². The van der Waals surface area contributed by atoms with Crippen LogP contribution in [0.25, 0.3) is 0 Å². The molecule has 0 aromatic heterocycles. The summed E-state index contributed by atoms with van der Waals surface area (Å²) in [6.45, 7) is 3.72. The largest absolute Gasteiger partial charge is 0.344 e. The van der Waals surface area contributed by atoms with Crippen molar-refractivity contribution in [1.82, 2.24) is 15.8 Å². The van der Waals surface area contributed by atoms with Crippen LogP contribution < -0.4 is 16.1 Å². The molecule has 1 saturated heterocycles. The predicted molar refractivity (Wildman–Crippen MR) is 104 cm³/mol. The van der Waals surface area contributed by atoms with Crippen LogP contribution in [0.1, 0.15) is 25.0 Å². The summed E-state index contributed by atoms with van der Waals surface area (Å²) in [7, 11) is 0. The van der Waals surface area contributed by atoms with E-state index in [1.165, 1.54) is 0 Å². The Kier molecular flexibility index (Phi) is 4.90. The van der Waals surface area contributed by atoms with Crippen molar-refractivity contribution in [3.8, 4) is 0 Å². The van der Waals surface area contributed by atoms with Crippen molar-refractivity contribution in [3.05, 3.63) is 65.7 Å². The minimum atomic E-state index is -1.14. The smallest absolute Gasteiger partial charge is 0.331 e. The number of hydrogen-bond donors (Lipinski definition) is 3. The summed E-state index contributed by atoms with van der Waals surface area (Å²) in [5.41, 5.74) is 4.19. The number of aryl methyl sites for hydroxylation is 1. The zero-order valence-electron chi connectivity index (χ0n) is 14.6. The second-order valence-electron chi connectivity index (χ2n) is 6.14. The lowest BCUT2D eigenvalue weighted by Gasteiger charge is -2.22. The van der Waals surface area contributed by atoms with Gasteiger partial charge in [-0.25, -0.2) is 4.79 Å². The molecule has 3 rings (SSSR count). The summed E-state index contributed by atoms with van der Waals surface area (Å²) in [5.74, 6) is -0.415. The van der Waals surface area contributed by atoms with E-state index in [0.29, 0.717) is 5.56 Å². The number of imide groups is 1. The minimum Gasteiger partial charge on any atom is -0.331 e. The number of para-hydroxylation sites is 1. The number of nitrogens with one attached hydrogen (secondary N) is 3. The van der Waals surface area contributed by atoms with Crippen LogP contribution in [0.4, 0.5) is 10.5 Å². The van der Waals surface area contributed by atoms with Crippen LogP contribution in [0.15, 0.2) is 54.6 Å². The second-order valence-corrected chi connectivity index (χ2v) is 6.55. The molecule has 3 amide bonds. The maximum absolute atomic E-state index is 12.8. The van der Waals surface area contributed by atoms with Crippen molar-refractivity contribution >= 4 is 35.0 Å². The summed E-state index contributed by atoms with van der Waals surface area (Å²) >= 11 is 5.28. The normalized spacial score (nSPS) is 19.2. The Balaban J connectivity index is 1.75. The summed E-state index contributed by atoms with van der Waals surface area (Å²) < 4.78 is 0. The molecule has 0 aliphatic carbocycles. The van der Waals surface area contributed by atoms with Gasteiger partial charge in [-0.2, -0.15) is 5.01 Å². The van der Waals surface area contributed by atoms with Gasteiger partial charge in [-0.15, -0.1) is 0 Å². The van der Waals surface area contributed by atoms with Crippen molar-refractivity contribution < 1.29 is 9.59 Å². The third-order valence-electron chi connectivity index (χ3n) is 4.40. The third kappa shape index (κ3) is 3.25. The Morgan fingerprint density at radius 1 is 1.12 bits per heavy atom. The third-order valence-corrected chi connectivity index (χ3v) is 4.60. The molecule has 2 aromatic carbocycles. The van der Waals surface area contributed by atoms with Crippen LogP contribution in [0.3, 0.4) is 0 Å². The van der Waals surface area contributed by atoms with Crippen molar-refractivity contribution in [2.24, 2.45) is 0 Å². The Hall–Kier alpha value is -2.93. The van der Waals surface area contributed by atoms with Gasteiger partial charge < -0.3 is 10.6 Å². The number of amides is 3. The van der Waals surface area contributed by atoms with Gasteiger partial charge in [0.15, 0.2) is 5.11 Å². The van der Waals surface area contributed by atoms with Gasteiger partial charge in [-0.1, -0.05) is 55.5 Å². The van der Waals surface area contributed by atoms with Crippen molar-refractivity contribution in [2.75, 3.05) is 5.32 Å². The molecule has 6 nitrogen and oxygen atoms in total. The lowest BCUT2D eigenvalue weighted by Crippen LogP contribution is -2.49. The topological polar surface area (TPSA) is 73.5 Å². The molecular weight excluding hydrogens is 348 g/mol. The number of thiocarbonyl (C=S) groups is 1. The number of carbonyl (C=O) groups is 2. The van der Waals surface area contributed by atoms with E-state index in [2.05, 4.69) is 16.1 Å². The molecule has 26 heavy (non-hydrogen) atoms. The van der Waals surface area contributed by atoms with Crippen LogP contribution in [-0.2, 0) is 16.8 Å². The fraction of sp³-hybridized carbons (Fsp3) is 0.211. The first kappa shape index (κ1) is 17.9. The number of hydrogen-bond acceptors (Lipinski definition) is 3. The van der Waals surface area contributed by atoms with E-state index < -0.39 is 17.5 Å². The first-order valence-corrected chi connectivity index (χ1v) is 8.74. The maximum atomic E-state index is 12.8. The maximum Gasteiger partial charge on any atom is 0.344 e. The van der Waals surface area contributed by atoms with Gasteiger partial charge in [0, 0.05) is 5.69 Å². The van der Waals surface area contributed by atoms with E-state index in [9.17, 15) is 9.59 Å². The molecule has 0 bridgehead atoms. The van der Waals surface area contributed by atoms with Gasteiger partial charge in [-0.3, -0.25) is 10.2 Å². The van der Waals surface area contributed by atoms with Crippen LogP contribution in [0.2, 0.25) is 0 Å². The minimum absolute atomic E-state index is 0.173. The average molecular weight is 368 g/mol. The number of carbonyl (C=O) groups excluding carboxylic acids is 2. The number of rotatable bonds is 4. The van der Waals surface area contributed by atoms with Gasteiger partial charge in [0.25, 0.3) is 5.91 Å². The number of anilines is 1. The molecular formula is C19H20N4O2S. The monoisotopic (exact) mass is 368 g/mol. The molecule has 2 aromatic rings. The van der Waals surface area contributed by atoms with Gasteiger partial charge >= 0.3 is 6.03 Å². The number of nitrogens with zero attached hydrogens (tertiary/aromatic N) is 1. The van der Waals surface area contributed by atoms with Crippen LogP contribution in [-0.4, -0.2) is 22.1 Å². The summed E-state index contributed by atoms with van der Waals surface area (Å²) in [6, 6.07) is 16.3. The Morgan fingerprint density at radius 3 is 2.46 bits per heavy atom. The molecule has 1 atom stereocenters. The van der Waals surface area contributed by atoms with Crippen LogP contribution in [0.5, 0.6) is 0 Å². The zero-order chi connectivity index (χ0) is 18.7. The highest BCUT2D eigenvalue weighted by Gasteiger charge is 2.49. The van der Waals surface area contributed by atoms with Gasteiger partial charge in [0.05, 0.1) is 0 Å². The SMILES string of the molecule is CCc1ccccc1NC(=S)NN1C(=O)N[C@](C)(c2ccccc2)C1=O. The molecule has 0 saturated carbocycles. The Labute approximate surface area is 157 Å². The first-order chi connectivity index (χ1) is 12.5. The van der Waals surface area contributed by atoms with Crippen molar-refractivity contribution in [3.63, 3.8) is 0 Å². The van der Waals surface area contributed by atoms with E-state index in [-0.39, 0.29) is 5.11 Å². The highest BCUT2D eigenvalue weighted by molar-refractivity contribution is 7.80. The molecule has 3 N–H and O–H groups in total. The van der Waals surface area contributed by atoms with Crippen LogP contribution in [0, 0.1) is 0 Å². The van der Waals surface area contributed by atoms with E-state index >= 15 is 0 Å². The highest BCUT2D eigenvalue weighted by Crippen LogP contribution is 2.27. The molecule has 1 aliphatic heterocycles. The first-order valence-electron chi connectivity index (χ1n) is 8.33. The lowest BCUT2D eigenvalue weighted by molar-refractivity contribution is -0.132. The van der Waals surface area contributed by atoms with E-state index in [1.807, 2.05) is 49.4 Å². The molecule has 7 heteroatoms. The van der Waals surface area contributed by atoms with E-state index in [4.69, 9.17) is 12.2 Å². The van der Waals surface area contributed by atoms with Crippen molar-refractivity contribution in [2.45, 2.75) is 25.8 Å². The molecule has 0 unspecified atom stereocenters. The fourth-order valence-corrected chi connectivity index (χ4v) is 3.11. The molecule has 0 radical (unpaired) electrons. The van der Waals surface area contributed by atoms with Gasteiger partial charge in [0.1, 0.15) is 5.54 Å². The standard InChI is InChI=1S/C19H20N4O2S/c1-3-13-9-7-8-12-15(13)20-17(26)22-23-16(24)19(2,21-18(23)25)14-10-5-4-6-11-14/h4-12H,3H2,1-2H3,(H,21,25)(H2,20,22,26)/t19-/m1/s1. The number of benzene rings is 2. The predicted octanol–water partition coefficient (Wildman–Crippen LogP) is 2.92. The van der Waals surface area contributed by atoms with E-state index in [0.717, 1.165) is 22.7 Å².